The van der Waals surface area contributed by atoms with Gasteiger partial charge in [-0.15, -0.1) is 0 Å². The molecule has 0 fully saturated rings. The van der Waals surface area contributed by atoms with E-state index >= 15 is 0 Å². The molecule has 0 saturated heterocycles. The lowest BCUT2D eigenvalue weighted by Gasteiger charge is -2.09. The molecule has 0 aromatic heterocycles. The van der Waals surface area contributed by atoms with Gasteiger partial charge in [-0.2, -0.15) is 11.8 Å². The average molecular weight is 443 g/mol. The fourth-order valence-electron chi connectivity index (χ4n) is 3.73. The Balaban J connectivity index is 3.10. The number of amides is 1. The maximum Gasteiger partial charge on any atom is 0.220 e. The molecule has 0 bridgehead atoms. The molecule has 0 aliphatic carbocycles. The van der Waals surface area contributed by atoms with Gasteiger partial charge in [-0.25, -0.2) is 0 Å². The summed E-state index contributed by atoms with van der Waals surface area (Å²) in [6.07, 6.45) is 24.5. The Morgan fingerprint density at radius 3 is 1.60 bits per heavy atom. The van der Waals surface area contributed by atoms with Crippen LogP contribution in [0.4, 0.5) is 0 Å². The molecule has 0 atom stereocenters. The van der Waals surface area contributed by atoms with E-state index in [0.29, 0.717) is 6.42 Å². The van der Waals surface area contributed by atoms with Crippen LogP contribution in [0.25, 0.3) is 0 Å². The number of nitrogens with one attached hydrogen (secondary N) is 1. The molecule has 3 nitrogen and oxygen atoms in total. The number of rotatable bonds is 24. The summed E-state index contributed by atoms with van der Waals surface area (Å²) < 4.78 is 0. The first-order valence-corrected chi connectivity index (χ1v) is 14.3. The number of carbonyl (C=O) groups is 1. The van der Waals surface area contributed by atoms with Gasteiger partial charge in [-0.05, 0) is 39.2 Å². The largest absolute Gasteiger partial charge is 0.356 e. The predicted molar refractivity (Wildman–Crippen MR) is 138 cm³/mol. The molecular formula is C26H54N2OS. The summed E-state index contributed by atoms with van der Waals surface area (Å²) in [7, 11) is 4.13. The molecule has 0 aromatic rings. The van der Waals surface area contributed by atoms with Crippen molar-refractivity contribution >= 4 is 17.7 Å². The number of thioether (sulfide) groups is 1. The zero-order valence-electron chi connectivity index (χ0n) is 20.8. The van der Waals surface area contributed by atoms with Crippen LogP contribution in [-0.4, -0.2) is 49.5 Å². The third kappa shape index (κ3) is 25.8. The number of hydrogen-bond donors (Lipinski definition) is 1. The standard InChI is InChI=1S/C26H54N2OS/c1-4-5-6-7-8-9-10-11-12-13-14-15-16-17-18-19-24-30-25-21-26(29)27-22-20-23-28(2)3/h4-25H2,1-3H3,(H,27,29). The van der Waals surface area contributed by atoms with E-state index in [2.05, 4.69) is 31.2 Å². The van der Waals surface area contributed by atoms with Crippen LogP contribution in [0.1, 0.15) is 122 Å². The molecule has 180 valence electrons. The third-order valence-electron chi connectivity index (χ3n) is 5.72. The lowest BCUT2D eigenvalue weighted by Crippen LogP contribution is -2.27. The van der Waals surface area contributed by atoms with E-state index in [9.17, 15) is 4.79 Å². The van der Waals surface area contributed by atoms with Crippen LogP contribution in [0.15, 0.2) is 0 Å². The summed E-state index contributed by atoms with van der Waals surface area (Å²) >= 11 is 1.94. The van der Waals surface area contributed by atoms with Crippen molar-refractivity contribution in [3.05, 3.63) is 0 Å². The zero-order chi connectivity index (χ0) is 22.1. The van der Waals surface area contributed by atoms with Crippen molar-refractivity contribution in [1.82, 2.24) is 10.2 Å². The Labute approximate surface area is 193 Å². The molecule has 0 aromatic carbocycles. The van der Waals surface area contributed by atoms with Crippen LogP contribution in [0, 0.1) is 0 Å². The maximum absolute atomic E-state index is 11.7. The van der Waals surface area contributed by atoms with E-state index in [-0.39, 0.29) is 5.91 Å². The van der Waals surface area contributed by atoms with Crippen molar-refractivity contribution in [2.75, 3.05) is 38.7 Å². The Hall–Kier alpha value is -0.220. The van der Waals surface area contributed by atoms with E-state index in [1.165, 1.54) is 108 Å². The van der Waals surface area contributed by atoms with Crippen molar-refractivity contribution in [1.29, 1.82) is 0 Å². The number of carbonyl (C=O) groups excluding carboxylic acids is 1. The van der Waals surface area contributed by atoms with Crippen LogP contribution < -0.4 is 5.32 Å². The fourth-order valence-corrected chi connectivity index (χ4v) is 4.67. The molecule has 0 saturated carbocycles. The monoisotopic (exact) mass is 442 g/mol. The first-order chi connectivity index (χ1) is 14.7. The molecule has 0 aliphatic rings. The van der Waals surface area contributed by atoms with Gasteiger partial charge in [0.2, 0.25) is 5.91 Å². The lowest BCUT2D eigenvalue weighted by atomic mass is 10.0. The lowest BCUT2D eigenvalue weighted by molar-refractivity contribution is -0.120. The highest BCUT2D eigenvalue weighted by atomic mass is 32.2. The Kier molecular flexibility index (Phi) is 24.9. The fraction of sp³-hybridized carbons (Fsp3) is 0.962. The van der Waals surface area contributed by atoms with Gasteiger partial charge in [0, 0.05) is 18.7 Å². The molecule has 1 N–H and O–H groups in total. The molecule has 0 aliphatic heterocycles. The van der Waals surface area contributed by atoms with E-state index in [4.69, 9.17) is 0 Å². The van der Waals surface area contributed by atoms with Crippen molar-refractivity contribution in [3.8, 4) is 0 Å². The van der Waals surface area contributed by atoms with Gasteiger partial charge < -0.3 is 10.2 Å². The van der Waals surface area contributed by atoms with Crippen LogP contribution in [-0.2, 0) is 4.79 Å². The molecule has 1 amide bonds. The van der Waals surface area contributed by atoms with Gasteiger partial charge in [-0.1, -0.05) is 103 Å². The summed E-state index contributed by atoms with van der Waals surface area (Å²) in [5.41, 5.74) is 0. The molecule has 0 spiro atoms. The van der Waals surface area contributed by atoms with Crippen molar-refractivity contribution in [2.24, 2.45) is 0 Å². The van der Waals surface area contributed by atoms with E-state index in [0.717, 1.165) is 25.3 Å². The number of hydrogen-bond acceptors (Lipinski definition) is 3. The Morgan fingerprint density at radius 2 is 1.13 bits per heavy atom. The molecule has 0 heterocycles. The van der Waals surface area contributed by atoms with Gasteiger partial charge in [0.1, 0.15) is 0 Å². The summed E-state index contributed by atoms with van der Waals surface area (Å²) in [5, 5.41) is 3.02. The second-order valence-electron chi connectivity index (χ2n) is 9.17. The van der Waals surface area contributed by atoms with Crippen LogP contribution in [0.2, 0.25) is 0 Å². The second kappa shape index (κ2) is 25.0. The highest BCUT2D eigenvalue weighted by Gasteiger charge is 2.01. The van der Waals surface area contributed by atoms with Gasteiger partial charge in [0.05, 0.1) is 0 Å². The summed E-state index contributed by atoms with van der Waals surface area (Å²) in [6.45, 7) is 4.13. The summed E-state index contributed by atoms with van der Waals surface area (Å²) in [5.74, 6) is 2.40. The zero-order valence-corrected chi connectivity index (χ0v) is 21.6. The quantitative estimate of drug-likeness (QED) is 0.158. The first kappa shape index (κ1) is 29.8. The first-order valence-electron chi connectivity index (χ1n) is 13.2. The van der Waals surface area contributed by atoms with Gasteiger partial charge in [0.25, 0.3) is 0 Å². The van der Waals surface area contributed by atoms with E-state index in [1.54, 1.807) is 0 Å². The van der Waals surface area contributed by atoms with Gasteiger partial charge >= 0.3 is 0 Å². The summed E-state index contributed by atoms with van der Waals surface area (Å²) in [6, 6.07) is 0. The van der Waals surface area contributed by atoms with Gasteiger partial charge in [-0.3, -0.25) is 4.79 Å². The SMILES string of the molecule is CCCCCCCCCCCCCCCCCCSCCC(=O)NCCCN(C)C. The van der Waals surface area contributed by atoms with Crippen LogP contribution in [0.3, 0.4) is 0 Å². The van der Waals surface area contributed by atoms with E-state index < -0.39 is 0 Å². The Bertz CT molecular complexity index is 350. The highest BCUT2D eigenvalue weighted by molar-refractivity contribution is 7.99. The molecule has 0 rings (SSSR count). The highest BCUT2D eigenvalue weighted by Crippen LogP contribution is 2.14. The van der Waals surface area contributed by atoms with Gasteiger partial charge in [0.15, 0.2) is 0 Å². The number of unbranched alkanes of at least 4 members (excludes halogenated alkanes) is 15. The number of nitrogens with zero attached hydrogens (tertiary/aromatic N) is 1. The summed E-state index contributed by atoms with van der Waals surface area (Å²) in [4.78, 5) is 13.9. The minimum absolute atomic E-state index is 0.216. The van der Waals surface area contributed by atoms with Crippen LogP contribution in [0.5, 0.6) is 0 Å². The van der Waals surface area contributed by atoms with Crippen molar-refractivity contribution < 1.29 is 4.79 Å². The smallest absolute Gasteiger partial charge is 0.220 e. The second-order valence-corrected chi connectivity index (χ2v) is 10.4. The molecule has 0 unspecified atom stereocenters. The predicted octanol–water partition coefficient (Wildman–Crippen LogP) is 7.44. The normalized spacial score (nSPS) is 11.3. The third-order valence-corrected chi connectivity index (χ3v) is 6.79. The molecular weight excluding hydrogens is 388 g/mol. The minimum Gasteiger partial charge on any atom is -0.356 e. The molecule has 0 radical (unpaired) electrons. The topological polar surface area (TPSA) is 32.3 Å². The average Bonchev–Trinajstić information content (AvgIpc) is 2.72. The van der Waals surface area contributed by atoms with Crippen LogP contribution >= 0.6 is 11.8 Å². The van der Waals surface area contributed by atoms with E-state index in [1.807, 2.05) is 11.8 Å². The maximum atomic E-state index is 11.7. The van der Waals surface area contributed by atoms with Crippen molar-refractivity contribution in [2.45, 2.75) is 122 Å². The Morgan fingerprint density at radius 1 is 0.667 bits per heavy atom. The molecule has 4 heteroatoms. The molecule has 30 heavy (non-hydrogen) atoms. The minimum atomic E-state index is 0.216. The van der Waals surface area contributed by atoms with Crippen molar-refractivity contribution in [3.63, 3.8) is 0 Å².